The Kier molecular flexibility index (Phi) is 8.57. The van der Waals surface area contributed by atoms with E-state index in [0.29, 0.717) is 31.8 Å². The molecule has 0 saturated carbocycles. The first-order chi connectivity index (χ1) is 10.2. The lowest BCUT2D eigenvalue weighted by molar-refractivity contribution is -0.163. The molecule has 1 aromatic rings. The molecule has 0 aliphatic rings. The molecule has 0 fully saturated rings. The lowest BCUT2D eigenvalue weighted by atomic mass is 10.1. The van der Waals surface area contributed by atoms with Gasteiger partial charge in [-0.1, -0.05) is 13.0 Å². The molecule has 0 spiro atoms. The minimum atomic E-state index is -1.06. The van der Waals surface area contributed by atoms with E-state index in [1.165, 1.54) is 0 Å². The molecular weight excluding hydrogens is 274 g/mol. The van der Waals surface area contributed by atoms with Gasteiger partial charge in [-0.05, 0) is 18.9 Å². The minimum Gasteiger partial charge on any atom is -0.479 e. The van der Waals surface area contributed by atoms with Crippen LogP contribution in [0.15, 0.2) is 24.5 Å². The number of hydrogen-bond donors (Lipinski definition) is 1. The number of hydrogen-bond acceptors (Lipinski definition) is 5. The number of aromatic nitrogens is 1. The lowest BCUT2D eigenvalue weighted by Gasteiger charge is -2.24. The highest BCUT2D eigenvalue weighted by Gasteiger charge is 2.31. The molecular formula is C15H23NO5. The monoisotopic (exact) mass is 297 g/mol. The van der Waals surface area contributed by atoms with Gasteiger partial charge in [0, 0.05) is 38.3 Å². The van der Waals surface area contributed by atoms with Gasteiger partial charge in [0.2, 0.25) is 0 Å². The summed E-state index contributed by atoms with van der Waals surface area (Å²) in [5.74, 6) is -1.04. The minimum absolute atomic E-state index is 0.303. The van der Waals surface area contributed by atoms with Crippen LogP contribution in [0.2, 0.25) is 0 Å². The molecule has 1 aromatic heterocycles. The van der Waals surface area contributed by atoms with Crippen LogP contribution in [0.25, 0.3) is 0 Å². The van der Waals surface area contributed by atoms with Crippen LogP contribution in [0.5, 0.6) is 0 Å². The zero-order chi connectivity index (χ0) is 15.5. The van der Waals surface area contributed by atoms with E-state index in [0.717, 1.165) is 6.42 Å². The highest BCUT2D eigenvalue weighted by Crippen LogP contribution is 2.23. The Hall–Kier alpha value is -1.50. The number of carboxylic acids is 1. The molecule has 0 aromatic carbocycles. The van der Waals surface area contributed by atoms with Crippen molar-refractivity contribution in [3.63, 3.8) is 0 Å². The van der Waals surface area contributed by atoms with E-state index in [9.17, 15) is 9.90 Å². The number of pyridine rings is 1. The van der Waals surface area contributed by atoms with Crippen molar-refractivity contribution >= 4 is 5.97 Å². The summed E-state index contributed by atoms with van der Waals surface area (Å²) in [4.78, 5) is 15.5. The van der Waals surface area contributed by atoms with E-state index < -0.39 is 18.2 Å². The van der Waals surface area contributed by atoms with Gasteiger partial charge in [0.1, 0.15) is 6.10 Å². The van der Waals surface area contributed by atoms with Crippen molar-refractivity contribution < 1.29 is 24.1 Å². The summed E-state index contributed by atoms with van der Waals surface area (Å²) in [7, 11) is 1.59. The second-order valence-electron chi connectivity index (χ2n) is 4.55. The Bertz CT molecular complexity index is 398. The molecule has 2 atom stereocenters. The summed E-state index contributed by atoms with van der Waals surface area (Å²) in [6.45, 7) is 3.26. The highest BCUT2D eigenvalue weighted by atomic mass is 16.6. The first kappa shape index (κ1) is 17.6. The van der Waals surface area contributed by atoms with Gasteiger partial charge in [-0.2, -0.15) is 0 Å². The summed E-state index contributed by atoms with van der Waals surface area (Å²) in [5.41, 5.74) is 0.699. The van der Waals surface area contributed by atoms with Gasteiger partial charge in [-0.3, -0.25) is 4.98 Å². The quantitative estimate of drug-likeness (QED) is 0.630. The Balaban J connectivity index is 2.77. The van der Waals surface area contributed by atoms with Gasteiger partial charge in [-0.25, -0.2) is 4.79 Å². The zero-order valence-corrected chi connectivity index (χ0v) is 12.5. The first-order valence-corrected chi connectivity index (χ1v) is 7.05. The van der Waals surface area contributed by atoms with E-state index in [-0.39, 0.29) is 0 Å². The third kappa shape index (κ3) is 6.20. The molecule has 0 radical (unpaired) electrons. The average molecular weight is 297 g/mol. The molecule has 0 aliphatic carbocycles. The molecule has 2 unspecified atom stereocenters. The van der Waals surface area contributed by atoms with E-state index in [1.54, 1.807) is 31.6 Å². The van der Waals surface area contributed by atoms with Gasteiger partial charge in [0.05, 0.1) is 6.61 Å². The largest absolute Gasteiger partial charge is 0.479 e. The Morgan fingerprint density at radius 1 is 1.33 bits per heavy atom. The van der Waals surface area contributed by atoms with Gasteiger partial charge >= 0.3 is 5.97 Å². The highest BCUT2D eigenvalue weighted by molar-refractivity contribution is 5.73. The molecule has 0 amide bonds. The number of nitrogens with zero attached hydrogens (tertiary/aromatic N) is 1. The van der Waals surface area contributed by atoms with E-state index in [2.05, 4.69) is 4.98 Å². The van der Waals surface area contributed by atoms with Crippen molar-refractivity contribution in [1.82, 2.24) is 4.98 Å². The van der Waals surface area contributed by atoms with E-state index in [4.69, 9.17) is 14.2 Å². The fourth-order valence-electron chi connectivity index (χ4n) is 1.85. The van der Waals surface area contributed by atoms with Crippen molar-refractivity contribution in [1.29, 1.82) is 0 Å². The Morgan fingerprint density at radius 3 is 2.71 bits per heavy atom. The first-order valence-electron chi connectivity index (χ1n) is 7.05. The number of rotatable bonds is 11. The molecule has 1 N–H and O–H groups in total. The van der Waals surface area contributed by atoms with Crippen molar-refractivity contribution in [2.75, 3.05) is 26.9 Å². The van der Waals surface area contributed by atoms with Crippen molar-refractivity contribution in [2.45, 2.75) is 32.0 Å². The third-order valence-corrected chi connectivity index (χ3v) is 2.82. The lowest BCUT2D eigenvalue weighted by Crippen LogP contribution is -2.33. The van der Waals surface area contributed by atoms with Gasteiger partial charge < -0.3 is 19.3 Å². The van der Waals surface area contributed by atoms with Crippen LogP contribution in [0.4, 0.5) is 0 Å². The predicted octanol–water partition coefficient (Wildman–Crippen LogP) is 2.06. The van der Waals surface area contributed by atoms with Crippen LogP contribution in [-0.4, -0.2) is 49.1 Å². The molecule has 6 heteroatoms. The van der Waals surface area contributed by atoms with Crippen molar-refractivity contribution in [2.24, 2.45) is 0 Å². The molecule has 6 nitrogen and oxygen atoms in total. The van der Waals surface area contributed by atoms with E-state index >= 15 is 0 Å². The molecule has 0 saturated heterocycles. The van der Waals surface area contributed by atoms with Crippen LogP contribution in [0, 0.1) is 0 Å². The fraction of sp³-hybridized carbons (Fsp3) is 0.600. The van der Waals surface area contributed by atoms with Gasteiger partial charge in [0.15, 0.2) is 6.10 Å². The maximum atomic E-state index is 11.5. The maximum Gasteiger partial charge on any atom is 0.335 e. The van der Waals surface area contributed by atoms with Crippen LogP contribution < -0.4 is 0 Å². The predicted molar refractivity (Wildman–Crippen MR) is 77.1 cm³/mol. The van der Waals surface area contributed by atoms with Crippen LogP contribution in [-0.2, 0) is 19.0 Å². The number of carbonyl (C=O) groups is 1. The summed E-state index contributed by atoms with van der Waals surface area (Å²) < 4.78 is 16.1. The number of methoxy groups -OCH3 is 1. The summed E-state index contributed by atoms with van der Waals surface area (Å²) >= 11 is 0. The van der Waals surface area contributed by atoms with Crippen molar-refractivity contribution in [3.05, 3.63) is 30.1 Å². The van der Waals surface area contributed by atoms with Gasteiger partial charge in [-0.15, -0.1) is 0 Å². The molecule has 0 aliphatic heterocycles. The molecule has 1 rings (SSSR count). The molecule has 1 heterocycles. The topological polar surface area (TPSA) is 77.9 Å². The van der Waals surface area contributed by atoms with Gasteiger partial charge in [0.25, 0.3) is 0 Å². The average Bonchev–Trinajstić information content (AvgIpc) is 2.50. The smallest absolute Gasteiger partial charge is 0.335 e. The summed E-state index contributed by atoms with van der Waals surface area (Å²) in [5, 5.41) is 9.40. The normalized spacial score (nSPS) is 13.8. The van der Waals surface area contributed by atoms with Crippen LogP contribution in [0.3, 0.4) is 0 Å². The van der Waals surface area contributed by atoms with E-state index in [1.807, 2.05) is 6.92 Å². The second kappa shape index (κ2) is 10.3. The SMILES string of the molecule is CCCOC(c1cccnc1)C(OCCCOC)C(=O)O. The molecule has 118 valence electrons. The standard InChI is InChI=1S/C15H23NO5/c1-3-8-20-13(12-6-4-7-16-11-12)14(15(17)18)21-10-5-9-19-2/h4,6-7,11,13-14H,3,5,8-10H2,1-2H3,(H,17,18). The Labute approximate surface area is 125 Å². The number of aliphatic carboxylic acids is 1. The summed E-state index contributed by atoms with van der Waals surface area (Å²) in [6, 6.07) is 3.54. The molecule has 21 heavy (non-hydrogen) atoms. The zero-order valence-electron chi connectivity index (χ0n) is 12.5. The Morgan fingerprint density at radius 2 is 2.14 bits per heavy atom. The number of ether oxygens (including phenoxy) is 3. The van der Waals surface area contributed by atoms with Crippen LogP contribution in [0.1, 0.15) is 31.4 Å². The fourth-order valence-corrected chi connectivity index (χ4v) is 1.85. The summed E-state index contributed by atoms with van der Waals surface area (Å²) in [6.07, 6.45) is 2.95. The second-order valence-corrected chi connectivity index (χ2v) is 4.55. The third-order valence-electron chi connectivity index (χ3n) is 2.82. The number of carboxylic acid groups (broad SMARTS) is 1. The molecule has 0 bridgehead atoms. The van der Waals surface area contributed by atoms with Crippen LogP contribution >= 0.6 is 0 Å². The van der Waals surface area contributed by atoms with Crippen molar-refractivity contribution in [3.8, 4) is 0 Å². The maximum absolute atomic E-state index is 11.5.